The first kappa shape index (κ1) is 15.6. The van der Waals surface area contributed by atoms with Gasteiger partial charge in [-0.05, 0) is 13.8 Å². The molecule has 1 fully saturated rings. The monoisotopic (exact) mass is 297 g/mol. The number of nitrogens with zero attached hydrogens (tertiary/aromatic N) is 2. The molecule has 0 saturated carbocycles. The molecule has 4 atom stereocenters. The van der Waals surface area contributed by atoms with Crippen LogP contribution in [0.25, 0.3) is 6.08 Å². The van der Waals surface area contributed by atoms with Crippen molar-refractivity contribution < 1.29 is 20.1 Å². The molecule has 1 saturated heterocycles. The predicted octanol–water partition coefficient (Wildman–Crippen LogP) is -1.14. The third-order valence-corrected chi connectivity index (χ3v) is 3.25. The molecule has 0 unspecified atom stereocenters. The summed E-state index contributed by atoms with van der Waals surface area (Å²) in [6.07, 6.45) is -1.55. The molecule has 1 aromatic rings. The Balaban J connectivity index is 2.45. The Labute approximate surface area is 121 Å². The standard InChI is InChI=1S/C13H19N3O5/c1-6(2)3-7-4-16(13(20)15-11(7)14)12-10(19)9(18)8(5-17)21-12/h3-4,8-10,12,17-19H,5H2,1-2H3,(H2,14,15,20)/t8-,9-,10+,12-/m1/s1. The average Bonchev–Trinajstić information content (AvgIpc) is 2.69. The zero-order valence-corrected chi connectivity index (χ0v) is 11.8. The van der Waals surface area contributed by atoms with Crippen molar-refractivity contribution in [2.75, 3.05) is 12.3 Å². The number of hydrogen-bond acceptors (Lipinski definition) is 7. The molecule has 1 aliphatic heterocycles. The highest BCUT2D eigenvalue weighted by molar-refractivity contribution is 5.61. The maximum Gasteiger partial charge on any atom is 0.351 e. The van der Waals surface area contributed by atoms with E-state index in [4.69, 9.17) is 15.6 Å². The second-order valence-corrected chi connectivity index (χ2v) is 5.22. The Morgan fingerprint density at radius 1 is 1.48 bits per heavy atom. The van der Waals surface area contributed by atoms with Crippen LogP contribution in [0.4, 0.5) is 5.82 Å². The molecule has 0 amide bonds. The van der Waals surface area contributed by atoms with Crippen LogP contribution in [0.3, 0.4) is 0 Å². The van der Waals surface area contributed by atoms with Crippen molar-refractivity contribution in [3.63, 3.8) is 0 Å². The zero-order chi connectivity index (χ0) is 15.7. The normalized spacial score (nSPS) is 28.6. The number of anilines is 1. The lowest BCUT2D eigenvalue weighted by Gasteiger charge is -2.18. The molecule has 0 spiro atoms. The molecule has 0 aliphatic carbocycles. The number of aliphatic hydroxyl groups excluding tert-OH is 3. The van der Waals surface area contributed by atoms with Crippen molar-refractivity contribution in [2.45, 2.75) is 38.4 Å². The fourth-order valence-electron chi connectivity index (χ4n) is 2.21. The van der Waals surface area contributed by atoms with Gasteiger partial charge in [-0.3, -0.25) is 4.57 Å². The van der Waals surface area contributed by atoms with Gasteiger partial charge in [0.15, 0.2) is 6.23 Å². The van der Waals surface area contributed by atoms with Crippen LogP contribution < -0.4 is 11.4 Å². The lowest BCUT2D eigenvalue weighted by atomic mass is 10.1. The van der Waals surface area contributed by atoms with Crippen LogP contribution in [0.15, 0.2) is 16.6 Å². The minimum absolute atomic E-state index is 0.0733. The summed E-state index contributed by atoms with van der Waals surface area (Å²) in [6.45, 7) is 3.26. The number of nitrogens with two attached hydrogens (primary N) is 1. The summed E-state index contributed by atoms with van der Waals surface area (Å²) < 4.78 is 6.38. The van der Waals surface area contributed by atoms with E-state index in [-0.39, 0.29) is 5.82 Å². The van der Waals surface area contributed by atoms with E-state index in [9.17, 15) is 15.0 Å². The molecular weight excluding hydrogens is 278 g/mol. The third-order valence-electron chi connectivity index (χ3n) is 3.25. The third kappa shape index (κ3) is 2.98. The average molecular weight is 297 g/mol. The van der Waals surface area contributed by atoms with Gasteiger partial charge in [-0.2, -0.15) is 4.98 Å². The maximum absolute atomic E-state index is 11.9. The van der Waals surface area contributed by atoms with Gasteiger partial charge in [0.1, 0.15) is 24.1 Å². The second kappa shape index (κ2) is 5.94. The highest BCUT2D eigenvalue weighted by Crippen LogP contribution is 2.28. The van der Waals surface area contributed by atoms with Crippen LogP contribution in [-0.4, -0.2) is 49.8 Å². The predicted molar refractivity (Wildman–Crippen MR) is 75.2 cm³/mol. The molecule has 0 aromatic carbocycles. The summed E-state index contributed by atoms with van der Waals surface area (Å²) in [5, 5.41) is 28.8. The van der Waals surface area contributed by atoms with Crippen LogP contribution in [0.2, 0.25) is 0 Å². The van der Waals surface area contributed by atoms with Crippen LogP contribution in [0.1, 0.15) is 25.6 Å². The van der Waals surface area contributed by atoms with Gasteiger partial charge in [0.25, 0.3) is 0 Å². The van der Waals surface area contributed by atoms with Crippen LogP contribution >= 0.6 is 0 Å². The summed E-state index contributed by atoms with van der Waals surface area (Å²) in [6, 6.07) is 0. The van der Waals surface area contributed by atoms with Crippen LogP contribution in [0.5, 0.6) is 0 Å². The summed E-state index contributed by atoms with van der Waals surface area (Å²) in [4.78, 5) is 15.6. The summed E-state index contributed by atoms with van der Waals surface area (Å²) in [5.74, 6) is 0.0733. The maximum atomic E-state index is 11.9. The van der Waals surface area contributed by atoms with Crippen molar-refractivity contribution >= 4 is 11.9 Å². The smallest absolute Gasteiger partial charge is 0.351 e. The van der Waals surface area contributed by atoms with Gasteiger partial charge in [0, 0.05) is 11.8 Å². The van der Waals surface area contributed by atoms with E-state index < -0.39 is 36.8 Å². The van der Waals surface area contributed by atoms with E-state index in [0.717, 1.165) is 10.1 Å². The second-order valence-electron chi connectivity index (χ2n) is 5.22. The van der Waals surface area contributed by atoms with E-state index in [2.05, 4.69) is 4.98 Å². The number of aliphatic hydroxyl groups is 3. The van der Waals surface area contributed by atoms with E-state index in [1.807, 2.05) is 13.8 Å². The van der Waals surface area contributed by atoms with Gasteiger partial charge >= 0.3 is 5.69 Å². The molecule has 1 aliphatic rings. The Bertz CT molecular complexity index is 608. The molecule has 0 bridgehead atoms. The highest BCUT2D eigenvalue weighted by atomic mass is 16.6. The van der Waals surface area contributed by atoms with Gasteiger partial charge in [-0.15, -0.1) is 0 Å². The summed E-state index contributed by atoms with van der Waals surface area (Å²) in [7, 11) is 0. The molecule has 2 rings (SSSR count). The number of ether oxygens (including phenoxy) is 1. The summed E-state index contributed by atoms with van der Waals surface area (Å²) in [5.41, 5.74) is 6.45. The first-order valence-electron chi connectivity index (χ1n) is 6.51. The minimum Gasteiger partial charge on any atom is -0.394 e. The Morgan fingerprint density at radius 3 is 2.67 bits per heavy atom. The van der Waals surface area contributed by atoms with Gasteiger partial charge in [-0.1, -0.05) is 11.6 Å². The molecule has 8 nitrogen and oxygen atoms in total. The van der Waals surface area contributed by atoms with E-state index in [0.29, 0.717) is 5.56 Å². The molecule has 5 N–H and O–H groups in total. The Hall–Kier alpha value is -1.74. The Kier molecular flexibility index (Phi) is 4.43. The van der Waals surface area contributed by atoms with Gasteiger partial charge in [-0.25, -0.2) is 4.79 Å². The van der Waals surface area contributed by atoms with E-state index in [1.54, 1.807) is 6.08 Å². The van der Waals surface area contributed by atoms with Gasteiger partial charge < -0.3 is 25.8 Å². The molecule has 21 heavy (non-hydrogen) atoms. The van der Waals surface area contributed by atoms with Crippen molar-refractivity contribution in [3.05, 3.63) is 27.8 Å². The number of hydrogen-bond donors (Lipinski definition) is 4. The number of aromatic nitrogens is 2. The van der Waals surface area contributed by atoms with Crippen molar-refractivity contribution in [3.8, 4) is 0 Å². The van der Waals surface area contributed by atoms with Crippen LogP contribution in [-0.2, 0) is 4.74 Å². The topological polar surface area (TPSA) is 131 Å². The molecule has 116 valence electrons. The number of rotatable bonds is 3. The lowest BCUT2D eigenvalue weighted by Crippen LogP contribution is -2.36. The van der Waals surface area contributed by atoms with E-state index in [1.165, 1.54) is 6.20 Å². The first-order valence-corrected chi connectivity index (χ1v) is 6.51. The molecule has 1 aromatic heterocycles. The summed E-state index contributed by atoms with van der Waals surface area (Å²) >= 11 is 0. The quantitative estimate of drug-likeness (QED) is 0.554. The van der Waals surface area contributed by atoms with Crippen molar-refractivity contribution in [2.24, 2.45) is 0 Å². The van der Waals surface area contributed by atoms with Crippen molar-refractivity contribution in [1.82, 2.24) is 9.55 Å². The van der Waals surface area contributed by atoms with Gasteiger partial charge in [0.05, 0.1) is 6.61 Å². The Morgan fingerprint density at radius 2 is 2.14 bits per heavy atom. The first-order chi connectivity index (χ1) is 9.85. The minimum atomic E-state index is -1.34. The fraction of sp³-hybridized carbons (Fsp3) is 0.538. The van der Waals surface area contributed by atoms with Crippen molar-refractivity contribution in [1.29, 1.82) is 0 Å². The molecule has 2 heterocycles. The zero-order valence-electron chi connectivity index (χ0n) is 11.8. The van der Waals surface area contributed by atoms with E-state index >= 15 is 0 Å². The fourth-order valence-corrected chi connectivity index (χ4v) is 2.21. The number of allylic oxidation sites excluding steroid dienone is 1. The van der Waals surface area contributed by atoms with Gasteiger partial charge in [0.2, 0.25) is 0 Å². The molecular formula is C13H19N3O5. The SMILES string of the molecule is CC(C)=Cc1cn([C@@H]2O[C@H](CO)[C@@H](O)[C@@H]2O)c(=O)nc1N. The molecule has 0 radical (unpaired) electrons. The highest BCUT2D eigenvalue weighted by Gasteiger charge is 2.43. The number of nitrogen functional groups attached to an aromatic ring is 1. The largest absolute Gasteiger partial charge is 0.394 e. The van der Waals surface area contributed by atoms with Crippen LogP contribution in [0, 0.1) is 0 Å². The lowest BCUT2D eigenvalue weighted by molar-refractivity contribution is -0.0549. The molecule has 8 heteroatoms.